The second-order valence-electron chi connectivity index (χ2n) is 3.80. The van der Waals surface area contributed by atoms with E-state index in [1.165, 1.54) is 11.3 Å². The Morgan fingerprint density at radius 1 is 1.24 bits per heavy atom. The number of benzene rings is 1. The number of carbonyl (C=O) groups is 1. The largest absolute Gasteiger partial charge is 0.454 e. The van der Waals surface area contributed by atoms with Crippen LogP contribution in [0.5, 0.6) is 11.5 Å². The van der Waals surface area contributed by atoms with Gasteiger partial charge in [-0.05, 0) is 29.1 Å². The van der Waals surface area contributed by atoms with Gasteiger partial charge in [0, 0.05) is 17.4 Å². The average Bonchev–Trinajstić information content (AvgIpc) is 2.99. The Labute approximate surface area is 103 Å². The molecule has 4 heteroatoms. The van der Waals surface area contributed by atoms with Crippen LogP contribution in [0.3, 0.4) is 0 Å². The van der Waals surface area contributed by atoms with E-state index in [-0.39, 0.29) is 12.6 Å². The summed E-state index contributed by atoms with van der Waals surface area (Å²) < 4.78 is 10.5. The molecule has 0 atom stereocenters. The van der Waals surface area contributed by atoms with Crippen LogP contribution in [0, 0.1) is 0 Å². The molecule has 0 bridgehead atoms. The van der Waals surface area contributed by atoms with Gasteiger partial charge in [0.25, 0.3) is 0 Å². The zero-order chi connectivity index (χ0) is 11.7. The van der Waals surface area contributed by atoms with E-state index in [2.05, 4.69) is 0 Å². The second-order valence-corrected chi connectivity index (χ2v) is 4.58. The first kappa shape index (κ1) is 10.4. The number of hydrogen-bond donors (Lipinski definition) is 0. The molecule has 0 unspecified atom stereocenters. The fourth-order valence-corrected chi connectivity index (χ4v) is 2.42. The molecule has 0 fully saturated rings. The summed E-state index contributed by atoms with van der Waals surface area (Å²) in [7, 11) is 0. The van der Waals surface area contributed by atoms with Crippen LogP contribution >= 0.6 is 11.3 Å². The van der Waals surface area contributed by atoms with Crippen LogP contribution in [0.25, 0.3) is 0 Å². The number of thiophene rings is 1. The number of carbonyl (C=O) groups excluding carboxylic acids is 1. The monoisotopic (exact) mass is 246 g/mol. The topological polar surface area (TPSA) is 35.5 Å². The first-order valence-electron chi connectivity index (χ1n) is 5.27. The van der Waals surface area contributed by atoms with Crippen molar-refractivity contribution >= 4 is 17.1 Å². The predicted octanol–water partition coefficient (Wildman–Crippen LogP) is 2.90. The van der Waals surface area contributed by atoms with E-state index in [1.807, 2.05) is 35.0 Å². The van der Waals surface area contributed by atoms with E-state index >= 15 is 0 Å². The number of ether oxygens (including phenoxy) is 2. The fraction of sp³-hybridized carbons (Fsp3) is 0.154. The summed E-state index contributed by atoms with van der Waals surface area (Å²) >= 11 is 1.53. The molecule has 1 aromatic heterocycles. The summed E-state index contributed by atoms with van der Waals surface area (Å²) in [5, 5.41) is 3.78. The van der Waals surface area contributed by atoms with Crippen LogP contribution in [-0.2, 0) is 6.42 Å². The number of Topliss-reactive ketones (excluding diaryl/α,β-unsaturated/α-hetero) is 1. The smallest absolute Gasteiger partial charge is 0.231 e. The molecular weight excluding hydrogens is 236 g/mol. The van der Waals surface area contributed by atoms with E-state index in [9.17, 15) is 4.79 Å². The molecular formula is C13H10O3S. The van der Waals surface area contributed by atoms with E-state index in [1.54, 1.807) is 0 Å². The molecule has 17 heavy (non-hydrogen) atoms. The molecule has 0 amide bonds. The SMILES string of the molecule is O=C(Cc1ccc2c(c1)OCO2)c1ccsc1. The minimum Gasteiger partial charge on any atom is -0.454 e. The van der Waals surface area contributed by atoms with Crippen LogP contribution in [-0.4, -0.2) is 12.6 Å². The van der Waals surface area contributed by atoms with Gasteiger partial charge in [-0.25, -0.2) is 0 Å². The highest BCUT2D eigenvalue weighted by atomic mass is 32.1. The molecule has 0 saturated carbocycles. The summed E-state index contributed by atoms with van der Waals surface area (Å²) in [6, 6.07) is 7.46. The quantitative estimate of drug-likeness (QED) is 0.781. The fourth-order valence-electron chi connectivity index (χ4n) is 1.76. The molecule has 1 aromatic carbocycles. The lowest BCUT2D eigenvalue weighted by atomic mass is 10.1. The Morgan fingerprint density at radius 2 is 2.12 bits per heavy atom. The predicted molar refractivity (Wildman–Crippen MR) is 64.9 cm³/mol. The lowest BCUT2D eigenvalue weighted by molar-refractivity contribution is 0.0993. The average molecular weight is 246 g/mol. The molecule has 2 aromatic rings. The Balaban J connectivity index is 1.80. The van der Waals surface area contributed by atoms with Crippen molar-refractivity contribution < 1.29 is 14.3 Å². The highest BCUT2D eigenvalue weighted by Gasteiger charge is 2.15. The minimum absolute atomic E-state index is 0.130. The highest BCUT2D eigenvalue weighted by Crippen LogP contribution is 2.32. The third-order valence-electron chi connectivity index (χ3n) is 2.64. The molecule has 3 rings (SSSR count). The molecule has 2 heterocycles. The standard InChI is InChI=1S/C13H10O3S/c14-11(10-3-4-17-7-10)5-9-1-2-12-13(6-9)16-8-15-12/h1-4,6-7H,5,8H2. The molecule has 1 aliphatic rings. The zero-order valence-electron chi connectivity index (χ0n) is 9.01. The lowest BCUT2D eigenvalue weighted by Crippen LogP contribution is -2.01. The molecule has 0 saturated heterocycles. The molecule has 1 aliphatic heterocycles. The molecule has 86 valence electrons. The number of rotatable bonds is 3. The highest BCUT2D eigenvalue weighted by molar-refractivity contribution is 7.08. The van der Waals surface area contributed by atoms with Crippen LogP contribution in [0.15, 0.2) is 35.0 Å². The minimum atomic E-state index is 0.130. The van der Waals surface area contributed by atoms with Crippen molar-refractivity contribution in [3.63, 3.8) is 0 Å². The second kappa shape index (κ2) is 4.22. The van der Waals surface area contributed by atoms with Crippen molar-refractivity contribution in [2.45, 2.75) is 6.42 Å². The summed E-state index contributed by atoms with van der Waals surface area (Å²) in [5.41, 5.74) is 1.72. The Hall–Kier alpha value is -1.81. The summed E-state index contributed by atoms with van der Waals surface area (Å²) in [4.78, 5) is 11.9. The molecule has 0 N–H and O–H groups in total. The summed E-state index contributed by atoms with van der Waals surface area (Å²) in [6.45, 7) is 0.261. The molecule has 0 radical (unpaired) electrons. The third kappa shape index (κ3) is 2.03. The molecule has 3 nitrogen and oxygen atoms in total. The van der Waals surface area contributed by atoms with Gasteiger partial charge in [0.15, 0.2) is 17.3 Å². The van der Waals surface area contributed by atoms with Crippen LogP contribution in [0.4, 0.5) is 0 Å². The van der Waals surface area contributed by atoms with Gasteiger partial charge >= 0.3 is 0 Å². The van der Waals surface area contributed by atoms with Crippen molar-refractivity contribution in [2.75, 3.05) is 6.79 Å². The first-order valence-corrected chi connectivity index (χ1v) is 6.21. The maximum atomic E-state index is 11.9. The maximum absolute atomic E-state index is 11.9. The van der Waals surface area contributed by atoms with Crippen molar-refractivity contribution in [1.29, 1.82) is 0 Å². The van der Waals surface area contributed by atoms with Gasteiger partial charge in [-0.3, -0.25) is 4.79 Å². The van der Waals surface area contributed by atoms with Crippen molar-refractivity contribution in [3.8, 4) is 11.5 Å². The normalized spacial score (nSPS) is 12.7. The maximum Gasteiger partial charge on any atom is 0.231 e. The van der Waals surface area contributed by atoms with Gasteiger partial charge in [-0.1, -0.05) is 6.07 Å². The van der Waals surface area contributed by atoms with E-state index < -0.39 is 0 Å². The van der Waals surface area contributed by atoms with E-state index in [4.69, 9.17) is 9.47 Å². The van der Waals surface area contributed by atoms with Crippen molar-refractivity contribution in [1.82, 2.24) is 0 Å². The van der Waals surface area contributed by atoms with Crippen molar-refractivity contribution in [3.05, 3.63) is 46.2 Å². The number of ketones is 1. The molecule has 0 aliphatic carbocycles. The van der Waals surface area contributed by atoms with E-state index in [0.717, 1.165) is 22.6 Å². The lowest BCUT2D eigenvalue weighted by Gasteiger charge is -2.01. The van der Waals surface area contributed by atoms with Crippen molar-refractivity contribution in [2.24, 2.45) is 0 Å². The van der Waals surface area contributed by atoms with E-state index in [0.29, 0.717) is 6.42 Å². The van der Waals surface area contributed by atoms with Gasteiger partial charge in [0.1, 0.15) is 0 Å². The Bertz CT molecular complexity index is 546. The van der Waals surface area contributed by atoms with Crippen LogP contribution in [0.2, 0.25) is 0 Å². The van der Waals surface area contributed by atoms with Gasteiger partial charge in [0.2, 0.25) is 6.79 Å². The van der Waals surface area contributed by atoms with Crippen LogP contribution < -0.4 is 9.47 Å². The summed E-state index contributed by atoms with van der Waals surface area (Å²) in [6.07, 6.45) is 0.396. The first-order chi connectivity index (χ1) is 8.33. The molecule has 0 spiro atoms. The Kier molecular flexibility index (Phi) is 2.57. The van der Waals surface area contributed by atoms with Gasteiger partial charge in [-0.15, -0.1) is 0 Å². The Morgan fingerprint density at radius 3 is 2.94 bits per heavy atom. The zero-order valence-corrected chi connectivity index (χ0v) is 9.83. The van der Waals surface area contributed by atoms with Gasteiger partial charge in [0.05, 0.1) is 0 Å². The number of fused-ring (bicyclic) bond motifs is 1. The summed E-state index contributed by atoms with van der Waals surface area (Å²) in [5.74, 6) is 1.60. The van der Waals surface area contributed by atoms with Gasteiger partial charge < -0.3 is 9.47 Å². The van der Waals surface area contributed by atoms with Gasteiger partial charge in [-0.2, -0.15) is 11.3 Å². The number of hydrogen-bond acceptors (Lipinski definition) is 4. The van der Waals surface area contributed by atoms with Crippen LogP contribution in [0.1, 0.15) is 15.9 Å². The third-order valence-corrected chi connectivity index (χ3v) is 3.33.